The van der Waals surface area contributed by atoms with Crippen LogP contribution in [0.2, 0.25) is 0 Å². The number of amides is 1. The maximum Gasteiger partial charge on any atom is 0.267 e. The second-order valence-electron chi connectivity index (χ2n) is 4.10. The van der Waals surface area contributed by atoms with E-state index in [-0.39, 0.29) is 5.56 Å². The van der Waals surface area contributed by atoms with Crippen LogP contribution in [0.4, 0.5) is 0 Å². The lowest BCUT2D eigenvalue weighted by Crippen LogP contribution is -2.22. The molecule has 0 aromatic carbocycles. The highest BCUT2D eigenvalue weighted by molar-refractivity contribution is 7.09. The number of aryl methyl sites for hydroxylation is 2. The van der Waals surface area contributed by atoms with Crippen molar-refractivity contribution in [3.05, 3.63) is 62.7 Å². The fraction of sp³-hybridized carbons (Fsp3) is 0.143. The SMILES string of the molecule is O=C(/C=C/c1cccn(CCc2cccs2)c1=O)NO. The maximum atomic E-state index is 12.2. The van der Waals surface area contributed by atoms with Crippen LogP contribution in [0, 0.1) is 0 Å². The van der Waals surface area contributed by atoms with E-state index >= 15 is 0 Å². The zero-order chi connectivity index (χ0) is 14.4. The van der Waals surface area contributed by atoms with Gasteiger partial charge in [-0.25, -0.2) is 5.48 Å². The highest BCUT2D eigenvalue weighted by atomic mass is 32.1. The highest BCUT2D eigenvalue weighted by Gasteiger charge is 2.02. The summed E-state index contributed by atoms with van der Waals surface area (Å²) < 4.78 is 1.61. The summed E-state index contributed by atoms with van der Waals surface area (Å²) in [6, 6.07) is 7.40. The monoisotopic (exact) mass is 290 g/mol. The Bertz CT molecular complexity index is 659. The maximum absolute atomic E-state index is 12.2. The summed E-state index contributed by atoms with van der Waals surface area (Å²) in [5, 5.41) is 10.4. The average Bonchev–Trinajstić information content (AvgIpc) is 2.98. The molecular weight excluding hydrogens is 276 g/mol. The molecule has 2 aromatic rings. The average molecular weight is 290 g/mol. The van der Waals surface area contributed by atoms with E-state index in [1.54, 1.807) is 34.2 Å². The lowest BCUT2D eigenvalue weighted by Gasteiger charge is -2.05. The first-order valence-electron chi connectivity index (χ1n) is 6.04. The van der Waals surface area contributed by atoms with Gasteiger partial charge in [-0.05, 0) is 36.1 Å². The van der Waals surface area contributed by atoms with Gasteiger partial charge in [-0.1, -0.05) is 6.07 Å². The number of nitrogens with one attached hydrogen (secondary N) is 1. The van der Waals surface area contributed by atoms with Gasteiger partial charge in [-0.3, -0.25) is 14.8 Å². The van der Waals surface area contributed by atoms with Gasteiger partial charge in [0.2, 0.25) is 0 Å². The summed E-state index contributed by atoms with van der Waals surface area (Å²) >= 11 is 1.66. The van der Waals surface area contributed by atoms with E-state index in [0.717, 1.165) is 12.5 Å². The van der Waals surface area contributed by atoms with Crippen molar-refractivity contribution in [3.8, 4) is 0 Å². The standard InChI is InChI=1S/C14H14N2O3S/c17-13(15-19)6-5-11-3-1-8-16(14(11)18)9-7-12-4-2-10-20-12/h1-6,8,10,19H,7,9H2,(H,15,17)/b6-5+. The van der Waals surface area contributed by atoms with Gasteiger partial charge >= 0.3 is 0 Å². The van der Waals surface area contributed by atoms with E-state index < -0.39 is 5.91 Å². The molecule has 2 N–H and O–H groups in total. The molecule has 6 heteroatoms. The van der Waals surface area contributed by atoms with E-state index in [4.69, 9.17) is 5.21 Å². The van der Waals surface area contributed by atoms with E-state index in [9.17, 15) is 9.59 Å². The Morgan fingerprint density at radius 2 is 2.25 bits per heavy atom. The number of thiophene rings is 1. The van der Waals surface area contributed by atoms with Gasteiger partial charge in [0.25, 0.3) is 11.5 Å². The molecule has 0 radical (unpaired) electrons. The van der Waals surface area contributed by atoms with Gasteiger partial charge in [0.1, 0.15) is 0 Å². The van der Waals surface area contributed by atoms with Gasteiger partial charge in [-0.15, -0.1) is 11.3 Å². The van der Waals surface area contributed by atoms with Crippen LogP contribution in [0.25, 0.3) is 6.08 Å². The Morgan fingerprint density at radius 3 is 2.95 bits per heavy atom. The molecule has 2 rings (SSSR count). The van der Waals surface area contributed by atoms with Crippen LogP contribution in [-0.2, 0) is 17.8 Å². The number of hydrogen-bond donors (Lipinski definition) is 2. The van der Waals surface area contributed by atoms with Gasteiger partial charge in [0, 0.05) is 29.3 Å². The van der Waals surface area contributed by atoms with Crippen molar-refractivity contribution >= 4 is 23.3 Å². The van der Waals surface area contributed by atoms with Crippen LogP contribution in [0.15, 0.2) is 46.7 Å². The lowest BCUT2D eigenvalue weighted by molar-refractivity contribution is -0.124. The number of aromatic nitrogens is 1. The lowest BCUT2D eigenvalue weighted by atomic mass is 10.2. The van der Waals surface area contributed by atoms with Crippen LogP contribution in [0.1, 0.15) is 10.4 Å². The molecule has 0 atom stereocenters. The fourth-order valence-corrected chi connectivity index (χ4v) is 2.44. The summed E-state index contributed by atoms with van der Waals surface area (Å²) in [7, 11) is 0. The Hall–Kier alpha value is -2.18. The quantitative estimate of drug-likeness (QED) is 0.500. The molecule has 0 saturated heterocycles. The molecule has 0 aliphatic heterocycles. The van der Waals surface area contributed by atoms with Crippen LogP contribution >= 0.6 is 11.3 Å². The summed E-state index contributed by atoms with van der Waals surface area (Å²) in [6.07, 6.45) is 5.01. The van der Waals surface area contributed by atoms with E-state index in [1.165, 1.54) is 16.4 Å². The normalized spacial score (nSPS) is 10.8. The van der Waals surface area contributed by atoms with Gasteiger partial charge < -0.3 is 4.57 Å². The Morgan fingerprint density at radius 1 is 1.40 bits per heavy atom. The fourth-order valence-electron chi connectivity index (χ4n) is 1.75. The number of nitrogens with zero attached hydrogens (tertiary/aromatic N) is 1. The summed E-state index contributed by atoms with van der Waals surface area (Å²) in [5.41, 5.74) is 1.72. The molecule has 0 bridgehead atoms. The molecule has 0 aliphatic carbocycles. The number of hydroxylamine groups is 1. The minimum absolute atomic E-state index is 0.161. The van der Waals surface area contributed by atoms with Crippen LogP contribution in [-0.4, -0.2) is 15.7 Å². The topological polar surface area (TPSA) is 71.3 Å². The van der Waals surface area contributed by atoms with Crippen LogP contribution in [0.3, 0.4) is 0 Å². The largest absolute Gasteiger partial charge is 0.315 e. The van der Waals surface area contributed by atoms with Gasteiger partial charge in [0.05, 0.1) is 0 Å². The molecule has 2 heterocycles. The third kappa shape index (κ3) is 3.66. The molecule has 104 valence electrons. The summed E-state index contributed by atoms with van der Waals surface area (Å²) in [5.74, 6) is -0.668. The minimum atomic E-state index is -0.668. The molecule has 2 aromatic heterocycles. The smallest absolute Gasteiger partial charge is 0.267 e. The third-order valence-electron chi connectivity index (χ3n) is 2.75. The molecule has 0 unspecified atom stereocenters. The summed E-state index contributed by atoms with van der Waals surface area (Å²) in [6.45, 7) is 0.590. The molecule has 5 nitrogen and oxygen atoms in total. The van der Waals surface area contributed by atoms with Crippen molar-refractivity contribution in [1.82, 2.24) is 10.0 Å². The number of carbonyl (C=O) groups is 1. The van der Waals surface area contributed by atoms with Crippen molar-refractivity contribution in [2.75, 3.05) is 0 Å². The van der Waals surface area contributed by atoms with Crippen LogP contribution < -0.4 is 11.0 Å². The number of pyridine rings is 1. The zero-order valence-corrected chi connectivity index (χ0v) is 11.5. The van der Waals surface area contributed by atoms with Gasteiger partial charge in [0.15, 0.2) is 0 Å². The first-order chi connectivity index (χ1) is 9.70. The second-order valence-corrected chi connectivity index (χ2v) is 5.13. The van der Waals surface area contributed by atoms with Crippen molar-refractivity contribution in [2.24, 2.45) is 0 Å². The highest BCUT2D eigenvalue weighted by Crippen LogP contribution is 2.09. The minimum Gasteiger partial charge on any atom is -0.315 e. The van der Waals surface area contributed by atoms with E-state index in [1.807, 2.05) is 17.5 Å². The third-order valence-corrected chi connectivity index (χ3v) is 3.69. The Kier molecular flexibility index (Phi) is 4.86. The summed E-state index contributed by atoms with van der Waals surface area (Å²) in [4.78, 5) is 24.3. The molecule has 20 heavy (non-hydrogen) atoms. The Labute approximate surface area is 119 Å². The Balaban J connectivity index is 2.13. The predicted molar refractivity (Wildman–Crippen MR) is 77.7 cm³/mol. The molecule has 0 spiro atoms. The van der Waals surface area contributed by atoms with Crippen molar-refractivity contribution in [3.63, 3.8) is 0 Å². The van der Waals surface area contributed by atoms with Crippen molar-refractivity contribution < 1.29 is 10.0 Å². The predicted octanol–water partition coefficient (Wildman–Crippen LogP) is 1.67. The van der Waals surface area contributed by atoms with Crippen LogP contribution in [0.5, 0.6) is 0 Å². The molecule has 0 fully saturated rings. The zero-order valence-electron chi connectivity index (χ0n) is 10.7. The van der Waals surface area contributed by atoms with Gasteiger partial charge in [-0.2, -0.15) is 0 Å². The number of carbonyl (C=O) groups excluding carboxylic acids is 1. The number of rotatable bonds is 5. The number of hydrogen-bond acceptors (Lipinski definition) is 4. The first kappa shape index (κ1) is 14.2. The molecule has 0 saturated carbocycles. The van der Waals surface area contributed by atoms with E-state index in [0.29, 0.717) is 12.1 Å². The first-order valence-corrected chi connectivity index (χ1v) is 6.92. The van der Waals surface area contributed by atoms with E-state index in [2.05, 4.69) is 0 Å². The molecule has 1 amide bonds. The second kappa shape index (κ2) is 6.83. The van der Waals surface area contributed by atoms with Crippen molar-refractivity contribution in [1.29, 1.82) is 0 Å². The van der Waals surface area contributed by atoms with Crippen molar-refractivity contribution in [2.45, 2.75) is 13.0 Å². The molecular formula is C14H14N2O3S. The molecule has 0 aliphatic rings.